The summed E-state index contributed by atoms with van der Waals surface area (Å²) in [6, 6.07) is 9.59. The van der Waals surface area contributed by atoms with Crippen LogP contribution >= 0.6 is 0 Å². The van der Waals surface area contributed by atoms with Crippen molar-refractivity contribution in [2.75, 3.05) is 31.7 Å². The molecule has 6 nitrogen and oxygen atoms in total. The Morgan fingerprint density at radius 1 is 1.35 bits per heavy atom. The van der Waals surface area contributed by atoms with Gasteiger partial charge in [-0.1, -0.05) is 18.2 Å². The van der Waals surface area contributed by atoms with Crippen LogP contribution in [0.4, 0.5) is 5.69 Å². The minimum atomic E-state index is -0.873. The van der Waals surface area contributed by atoms with Gasteiger partial charge in [-0.05, 0) is 25.5 Å². The molecular formula is C17H23NO5. The molecule has 1 aliphatic heterocycles. The van der Waals surface area contributed by atoms with Crippen LogP contribution in [0.15, 0.2) is 30.3 Å². The van der Waals surface area contributed by atoms with Crippen LogP contribution in [-0.4, -0.2) is 44.4 Å². The van der Waals surface area contributed by atoms with E-state index < -0.39 is 18.0 Å². The average Bonchev–Trinajstić information content (AvgIpc) is 3.08. The summed E-state index contributed by atoms with van der Waals surface area (Å²) >= 11 is 0. The third-order valence-corrected chi connectivity index (χ3v) is 3.60. The van der Waals surface area contributed by atoms with Gasteiger partial charge in [-0.3, -0.25) is 4.79 Å². The van der Waals surface area contributed by atoms with Crippen molar-refractivity contribution >= 4 is 17.6 Å². The maximum absolute atomic E-state index is 12.0. The van der Waals surface area contributed by atoms with Gasteiger partial charge >= 0.3 is 11.9 Å². The van der Waals surface area contributed by atoms with Gasteiger partial charge in [-0.15, -0.1) is 0 Å². The molecule has 1 aromatic carbocycles. The molecule has 0 spiro atoms. The number of carbonyl (C=O) groups is 2. The molecule has 0 amide bonds. The summed E-state index contributed by atoms with van der Waals surface area (Å²) in [5.74, 6) is -1.04. The van der Waals surface area contributed by atoms with Crippen LogP contribution in [0.1, 0.15) is 19.8 Å². The van der Waals surface area contributed by atoms with E-state index in [4.69, 9.17) is 14.2 Å². The van der Waals surface area contributed by atoms with Crippen LogP contribution in [0.25, 0.3) is 0 Å². The van der Waals surface area contributed by atoms with Crippen LogP contribution in [0.5, 0.6) is 0 Å². The molecule has 1 N–H and O–H groups in total. The zero-order chi connectivity index (χ0) is 16.5. The van der Waals surface area contributed by atoms with E-state index in [0.29, 0.717) is 26.2 Å². The van der Waals surface area contributed by atoms with Gasteiger partial charge in [0.2, 0.25) is 6.10 Å². The maximum Gasteiger partial charge on any atom is 0.347 e. The zero-order valence-electron chi connectivity index (χ0n) is 13.3. The van der Waals surface area contributed by atoms with E-state index >= 15 is 0 Å². The van der Waals surface area contributed by atoms with Crippen molar-refractivity contribution < 1.29 is 23.8 Å². The highest BCUT2D eigenvalue weighted by Crippen LogP contribution is 2.21. The molecular weight excluding hydrogens is 298 g/mol. The molecule has 6 heteroatoms. The second-order valence-electron chi connectivity index (χ2n) is 5.33. The standard InChI is InChI=1S/C17H23NO5/c1-2-22-17(20)16(13-9-11-21-12-13)23-15(19)8-10-18-14-6-4-3-5-7-14/h3-7,13,16,18H,2,8-12H2,1H3/t13-,16-/m0/s1. The lowest BCUT2D eigenvalue weighted by Crippen LogP contribution is -2.36. The van der Waals surface area contributed by atoms with E-state index in [1.807, 2.05) is 30.3 Å². The highest BCUT2D eigenvalue weighted by Gasteiger charge is 2.35. The highest BCUT2D eigenvalue weighted by atomic mass is 16.6. The van der Waals surface area contributed by atoms with E-state index in [2.05, 4.69) is 5.32 Å². The minimum Gasteiger partial charge on any atom is -0.463 e. The van der Waals surface area contributed by atoms with Crippen molar-refractivity contribution in [3.8, 4) is 0 Å². The number of anilines is 1. The Hall–Kier alpha value is -2.08. The highest BCUT2D eigenvalue weighted by molar-refractivity contribution is 5.80. The third-order valence-electron chi connectivity index (χ3n) is 3.60. The topological polar surface area (TPSA) is 73.9 Å². The second kappa shape index (κ2) is 9.15. The number of carbonyl (C=O) groups excluding carboxylic acids is 2. The average molecular weight is 321 g/mol. The fourth-order valence-corrected chi connectivity index (χ4v) is 2.42. The van der Waals surface area contributed by atoms with E-state index in [0.717, 1.165) is 5.69 Å². The summed E-state index contributed by atoms with van der Waals surface area (Å²) in [5.41, 5.74) is 0.937. The van der Waals surface area contributed by atoms with Crippen LogP contribution in [0.3, 0.4) is 0 Å². The van der Waals surface area contributed by atoms with E-state index in [9.17, 15) is 9.59 Å². The Morgan fingerprint density at radius 3 is 2.78 bits per heavy atom. The number of benzene rings is 1. The van der Waals surface area contributed by atoms with Crippen molar-refractivity contribution in [3.63, 3.8) is 0 Å². The Labute approximate surface area is 136 Å². The van der Waals surface area contributed by atoms with Crippen molar-refractivity contribution in [2.45, 2.75) is 25.9 Å². The Morgan fingerprint density at radius 2 is 2.13 bits per heavy atom. The fraction of sp³-hybridized carbons (Fsp3) is 0.529. The van der Waals surface area contributed by atoms with Gasteiger partial charge in [0.15, 0.2) is 0 Å². The number of hydrogen-bond acceptors (Lipinski definition) is 6. The summed E-state index contributed by atoms with van der Waals surface area (Å²) in [7, 11) is 0. The molecule has 0 radical (unpaired) electrons. The normalized spacial score (nSPS) is 18.2. The Kier molecular flexibility index (Phi) is 6.87. The number of ether oxygens (including phenoxy) is 3. The second-order valence-corrected chi connectivity index (χ2v) is 5.33. The predicted octanol–water partition coefficient (Wildman–Crippen LogP) is 2.00. The van der Waals surface area contributed by atoms with Crippen molar-refractivity contribution in [1.29, 1.82) is 0 Å². The van der Waals surface area contributed by atoms with Crippen LogP contribution < -0.4 is 5.32 Å². The maximum atomic E-state index is 12.0. The number of nitrogens with one attached hydrogen (secondary N) is 1. The van der Waals surface area contributed by atoms with Gasteiger partial charge in [0.1, 0.15) is 0 Å². The summed E-state index contributed by atoms with van der Waals surface area (Å²) in [5, 5.41) is 3.13. The first-order valence-electron chi connectivity index (χ1n) is 7.93. The number of para-hydroxylation sites is 1. The molecule has 1 fully saturated rings. The molecule has 1 aliphatic rings. The third kappa shape index (κ3) is 5.56. The molecule has 0 aliphatic carbocycles. The predicted molar refractivity (Wildman–Crippen MR) is 85.0 cm³/mol. The van der Waals surface area contributed by atoms with Gasteiger partial charge in [-0.25, -0.2) is 4.79 Å². The summed E-state index contributed by atoms with van der Waals surface area (Å²) in [6.07, 6.45) is -0.00103. The first-order valence-corrected chi connectivity index (χ1v) is 7.93. The number of esters is 2. The Bertz CT molecular complexity index is 499. The summed E-state index contributed by atoms with van der Waals surface area (Å²) < 4.78 is 15.6. The molecule has 1 aromatic rings. The fourth-order valence-electron chi connectivity index (χ4n) is 2.42. The Balaban J connectivity index is 1.80. The lowest BCUT2D eigenvalue weighted by molar-refractivity contribution is -0.171. The lowest BCUT2D eigenvalue weighted by Gasteiger charge is -2.21. The smallest absolute Gasteiger partial charge is 0.347 e. The van der Waals surface area contributed by atoms with Crippen molar-refractivity contribution in [2.24, 2.45) is 5.92 Å². The summed E-state index contributed by atoms with van der Waals surface area (Å²) in [6.45, 7) is 3.42. The van der Waals surface area contributed by atoms with Crippen LogP contribution in [0.2, 0.25) is 0 Å². The zero-order valence-corrected chi connectivity index (χ0v) is 13.3. The van der Waals surface area contributed by atoms with Crippen LogP contribution in [0, 0.1) is 5.92 Å². The van der Waals surface area contributed by atoms with Crippen molar-refractivity contribution in [1.82, 2.24) is 0 Å². The van der Waals surface area contributed by atoms with E-state index in [1.54, 1.807) is 6.92 Å². The molecule has 0 saturated carbocycles. The lowest BCUT2D eigenvalue weighted by atomic mass is 10.0. The van der Waals surface area contributed by atoms with E-state index in [-0.39, 0.29) is 18.9 Å². The quantitative estimate of drug-likeness (QED) is 0.738. The molecule has 2 atom stereocenters. The SMILES string of the molecule is CCOC(=O)[C@@H](OC(=O)CCNc1ccccc1)[C@H]1CCOC1. The first kappa shape index (κ1) is 17.3. The molecule has 1 heterocycles. The van der Waals surface area contributed by atoms with Gasteiger partial charge in [0.05, 0.1) is 19.6 Å². The minimum absolute atomic E-state index is 0.125. The largest absolute Gasteiger partial charge is 0.463 e. The van der Waals surface area contributed by atoms with Crippen molar-refractivity contribution in [3.05, 3.63) is 30.3 Å². The molecule has 0 aromatic heterocycles. The van der Waals surface area contributed by atoms with Gasteiger partial charge in [0, 0.05) is 24.8 Å². The summed E-state index contributed by atoms with van der Waals surface area (Å²) in [4.78, 5) is 24.0. The van der Waals surface area contributed by atoms with Crippen LogP contribution in [-0.2, 0) is 23.8 Å². The monoisotopic (exact) mass is 321 g/mol. The molecule has 1 saturated heterocycles. The first-order chi connectivity index (χ1) is 11.2. The number of hydrogen-bond donors (Lipinski definition) is 1. The van der Waals surface area contributed by atoms with Gasteiger partial charge < -0.3 is 19.5 Å². The molecule has 23 heavy (non-hydrogen) atoms. The molecule has 126 valence electrons. The molecule has 0 bridgehead atoms. The van der Waals surface area contributed by atoms with Gasteiger partial charge in [0.25, 0.3) is 0 Å². The molecule has 0 unspecified atom stereocenters. The van der Waals surface area contributed by atoms with Gasteiger partial charge in [-0.2, -0.15) is 0 Å². The van der Waals surface area contributed by atoms with E-state index in [1.165, 1.54) is 0 Å². The molecule has 2 rings (SSSR count). The number of rotatable bonds is 8.